The molecule has 0 radical (unpaired) electrons. The number of nitrogens with one attached hydrogen (secondary N) is 2. The van der Waals surface area contributed by atoms with Gasteiger partial charge in [0, 0.05) is 0 Å². The van der Waals surface area contributed by atoms with E-state index in [0.29, 0.717) is 16.1 Å². The van der Waals surface area contributed by atoms with Crippen molar-refractivity contribution < 1.29 is 4.79 Å². The second-order valence-electron chi connectivity index (χ2n) is 4.23. The number of anilines is 2. The number of amides is 1. The van der Waals surface area contributed by atoms with Gasteiger partial charge in [0.1, 0.15) is 4.60 Å². The maximum atomic E-state index is 12.0. The lowest BCUT2D eigenvalue weighted by atomic mass is 10.1. The molecule has 2 aromatic heterocycles. The molecule has 8 heteroatoms. The Morgan fingerprint density at radius 3 is 2.68 bits per heavy atom. The number of nitrogens with two attached hydrogens (primary N) is 1. The maximum Gasteiger partial charge on any atom is 0.279 e. The molecule has 0 aliphatic rings. The largest absolute Gasteiger partial charge is 0.395 e. The molecule has 0 saturated carbocycles. The van der Waals surface area contributed by atoms with E-state index >= 15 is 0 Å². The summed E-state index contributed by atoms with van der Waals surface area (Å²) in [6.45, 7) is 3.93. The summed E-state index contributed by atoms with van der Waals surface area (Å²) in [5, 5.41) is 9.28. The Labute approximate surface area is 118 Å². The predicted octanol–water partition coefficient (Wildman–Crippen LogP) is 1.92. The zero-order chi connectivity index (χ0) is 14.0. The number of aromatic amines is 1. The van der Waals surface area contributed by atoms with Gasteiger partial charge in [-0.3, -0.25) is 9.89 Å². The number of rotatable bonds is 3. The molecule has 100 valence electrons. The van der Waals surface area contributed by atoms with E-state index in [4.69, 9.17) is 5.73 Å². The molecule has 0 spiro atoms. The zero-order valence-corrected chi connectivity index (χ0v) is 12.0. The van der Waals surface area contributed by atoms with Crippen LogP contribution in [-0.4, -0.2) is 26.1 Å². The summed E-state index contributed by atoms with van der Waals surface area (Å²) in [5.74, 6) is 0.0838. The van der Waals surface area contributed by atoms with E-state index in [-0.39, 0.29) is 11.6 Å². The van der Waals surface area contributed by atoms with Crippen LogP contribution in [0.15, 0.2) is 17.0 Å². The van der Waals surface area contributed by atoms with Gasteiger partial charge in [-0.05, 0) is 21.8 Å². The normalized spacial score (nSPS) is 10.7. The molecule has 0 fully saturated rings. The highest BCUT2D eigenvalue weighted by molar-refractivity contribution is 9.10. The topological polar surface area (TPSA) is 110 Å². The fourth-order valence-corrected chi connectivity index (χ4v) is 1.73. The number of hydrogen-bond acceptors (Lipinski definition) is 5. The number of nitrogen functional groups attached to an aromatic ring is 1. The molecule has 2 aromatic rings. The summed E-state index contributed by atoms with van der Waals surface area (Å²) in [7, 11) is 0. The molecular formula is C11H13BrN6O. The maximum absolute atomic E-state index is 12.0. The molecule has 7 nitrogen and oxygen atoms in total. The monoisotopic (exact) mass is 324 g/mol. The number of halogens is 1. The molecule has 4 N–H and O–H groups in total. The summed E-state index contributed by atoms with van der Waals surface area (Å²) in [4.78, 5) is 20.0. The molecule has 1 amide bonds. The van der Waals surface area contributed by atoms with Crippen molar-refractivity contribution in [3.05, 3.63) is 28.4 Å². The lowest BCUT2D eigenvalue weighted by molar-refractivity contribution is 0.102. The fraction of sp³-hybridized carbons (Fsp3) is 0.273. The number of aromatic nitrogens is 4. The van der Waals surface area contributed by atoms with Crippen molar-refractivity contribution in [3.8, 4) is 0 Å². The van der Waals surface area contributed by atoms with Crippen LogP contribution in [0.2, 0.25) is 0 Å². The lowest BCUT2D eigenvalue weighted by Crippen LogP contribution is -2.15. The Balaban J connectivity index is 2.18. The smallest absolute Gasteiger partial charge is 0.279 e. The summed E-state index contributed by atoms with van der Waals surface area (Å²) < 4.78 is 0.590. The van der Waals surface area contributed by atoms with Crippen LogP contribution in [0, 0.1) is 0 Å². The first kappa shape index (κ1) is 13.5. The standard InChI is InChI=1S/C11H13BrN6O/c1-5(2)9-8(13)10(18-17-9)11(19)16-7-4-14-6(12)3-15-7/h3-5H,13H2,1-2H3,(H,17,18)(H,15,16,19). The highest BCUT2D eigenvalue weighted by atomic mass is 79.9. The first-order chi connectivity index (χ1) is 8.99. The van der Waals surface area contributed by atoms with Crippen LogP contribution in [0.1, 0.15) is 35.9 Å². The van der Waals surface area contributed by atoms with Gasteiger partial charge in [-0.2, -0.15) is 5.10 Å². The van der Waals surface area contributed by atoms with Crippen molar-refractivity contribution in [2.45, 2.75) is 19.8 Å². The van der Waals surface area contributed by atoms with Gasteiger partial charge >= 0.3 is 0 Å². The quantitative estimate of drug-likeness (QED) is 0.799. The van der Waals surface area contributed by atoms with Gasteiger partial charge in [-0.1, -0.05) is 13.8 Å². The number of nitrogens with zero attached hydrogens (tertiary/aromatic N) is 3. The van der Waals surface area contributed by atoms with Crippen molar-refractivity contribution in [3.63, 3.8) is 0 Å². The van der Waals surface area contributed by atoms with Crippen LogP contribution in [0.5, 0.6) is 0 Å². The van der Waals surface area contributed by atoms with Crippen molar-refractivity contribution in [2.24, 2.45) is 0 Å². The summed E-state index contributed by atoms with van der Waals surface area (Å²) in [6, 6.07) is 0. The van der Waals surface area contributed by atoms with E-state index < -0.39 is 5.91 Å². The number of carbonyl (C=O) groups excluding carboxylic acids is 1. The summed E-state index contributed by atoms with van der Waals surface area (Å²) in [5.41, 5.74) is 7.15. The predicted molar refractivity (Wildman–Crippen MR) is 74.8 cm³/mol. The Kier molecular flexibility index (Phi) is 3.79. The molecule has 0 saturated heterocycles. The first-order valence-electron chi connectivity index (χ1n) is 5.61. The molecule has 0 unspecified atom stereocenters. The average molecular weight is 325 g/mol. The highest BCUT2D eigenvalue weighted by Crippen LogP contribution is 2.22. The average Bonchev–Trinajstić information content (AvgIpc) is 2.74. The van der Waals surface area contributed by atoms with Crippen molar-refractivity contribution in [1.82, 2.24) is 20.2 Å². The Morgan fingerprint density at radius 2 is 2.16 bits per heavy atom. The van der Waals surface area contributed by atoms with Gasteiger partial charge in [-0.25, -0.2) is 9.97 Å². The van der Waals surface area contributed by atoms with Crippen LogP contribution in [0.4, 0.5) is 11.5 Å². The van der Waals surface area contributed by atoms with E-state index in [1.165, 1.54) is 12.4 Å². The van der Waals surface area contributed by atoms with Crippen molar-refractivity contribution in [2.75, 3.05) is 11.1 Å². The molecule has 0 aliphatic carbocycles. The zero-order valence-electron chi connectivity index (χ0n) is 10.4. The number of hydrogen-bond donors (Lipinski definition) is 3. The summed E-state index contributed by atoms with van der Waals surface area (Å²) in [6.07, 6.45) is 2.93. The molecular weight excluding hydrogens is 312 g/mol. The Morgan fingerprint density at radius 1 is 1.42 bits per heavy atom. The fourth-order valence-electron chi connectivity index (χ4n) is 1.53. The second kappa shape index (κ2) is 5.35. The third kappa shape index (κ3) is 2.90. The molecule has 0 aliphatic heterocycles. The molecule has 0 aromatic carbocycles. The van der Waals surface area contributed by atoms with E-state index in [1.54, 1.807) is 0 Å². The van der Waals surface area contributed by atoms with E-state index in [9.17, 15) is 4.79 Å². The highest BCUT2D eigenvalue weighted by Gasteiger charge is 2.19. The van der Waals surface area contributed by atoms with Crippen LogP contribution in [-0.2, 0) is 0 Å². The van der Waals surface area contributed by atoms with Gasteiger partial charge in [-0.15, -0.1) is 0 Å². The minimum absolute atomic E-state index is 0.161. The van der Waals surface area contributed by atoms with Gasteiger partial charge in [0.25, 0.3) is 5.91 Å². The first-order valence-corrected chi connectivity index (χ1v) is 6.41. The summed E-state index contributed by atoms with van der Waals surface area (Å²) >= 11 is 3.16. The van der Waals surface area contributed by atoms with Gasteiger partial charge in [0.15, 0.2) is 11.5 Å². The Hall–Kier alpha value is -1.96. The van der Waals surface area contributed by atoms with Crippen LogP contribution < -0.4 is 11.1 Å². The van der Waals surface area contributed by atoms with Gasteiger partial charge < -0.3 is 11.1 Å². The van der Waals surface area contributed by atoms with E-state index in [1.807, 2.05) is 13.8 Å². The molecule has 2 heterocycles. The van der Waals surface area contributed by atoms with Gasteiger partial charge in [0.2, 0.25) is 0 Å². The number of H-pyrrole nitrogens is 1. The second-order valence-corrected chi connectivity index (χ2v) is 5.05. The van der Waals surface area contributed by atoms with Crippen LogP contribution >= 0.6 is 15.9 Å². The van der Waals surface area contributed by atoms with E-state index in [2.05, 4.69) is 41.4 Å². The SMILES string of the molecule is CC(C)c1[nH]nc(C(=O)Nc2cnc(Br)cn2)c1N. The van der Waals surface area contributed by atoms with Crippen molar-refractivity contribution in [1.29, 1.82) is 0 Å². The number of carbonyl (C=O) groups is 1. The Bertz CT molecular complexity index is 592. The van der Waals surface area contributed by atoms with Crippen LogP contribution in [0.25, 0.3) is 0 Å². The molecule has 19 heavy (non-hydrogen) atoms. The molecule has 0 bridgehead atoms. The third-order valence-electron chi connectivity index (χ3n) is 2.49. The molecule has 2 rings (SSSR count). The van der Waals surface area contributed by atoms with E-state index in [0.717, 1.165) is 5.69 Å². The minimum Gasteiger partial charge on any atom is -0.395 e. The molecule has 0 atom stereocenters. The van der Waals surface area contributed by atoms with Crippen LogP contribution in [0.3, 0.4) is 0 Å². The third-order valence-corrected chi connectivity index (χ3v) is 2.90. The lowest BCUT2D eigenvalue weighted by Gasteiger charge is -2.04. The minimum atomic E-state index is -0.419. The van der Waals surface area contributed by atoms with Gasteiger partial charge in [0.05, 0.1) is 23.8 Å². The van der Waals surface area contributed by atoms with Crippen molar-refractivity contribution >= 4 is 33.3 Å².